The first-order chi connectivity index (χ1) is 9.60. The molecular weight excluding hydrogens is 276 g/mol. The van der Waals surface area contributed by atoms with E-state index in [1.807, 2.05) is 36.4 Å². The molecule has 2 aromatic rings. The summed E-state index contributed by atoms with van der Waals surface area (Å²) in [5.74, 6) is 0.0622. The van der Waals surface area contributed by atoms with Crippen molar-refractivity contribution in [2.24, 2.45) is 0 Å². The van der Waals surface area contributed by atoms with E-state index < -0.39 is 6.10 Å². The number of hydrogen-bond acceptors (Lipinski definition) is 3. The van der Waals surface area contributed by atoms with E-state index in [1.165, 1.54) is 6.92 Å². The highest BCUT2D eigenvalue weighted by atomic mass is 35.5. The number of anilines is 2. The first kappa shape index (κ1) is 14.6. The molecule has 1 atom stereocenters. The molecule has 20 heavy (non-hydrogen) atoms. The molecule has 0 bridgehead atoms. The van der Waals surface area contributed by atoms with Crippen LogP contribution in [0.2, 0.25) is 0 Å². The molecule has 1 amide bonds. The van der Waals surface area contributed by atoms with E-state index in [-0.39, 0.29) is 11.8 Å². The van der Waals surface area contributed by atoms with E-state index in [1.54, 1.807) is 0 Å². The quantitative estimate of drug-likeness (QED) is 0.743. The van der Waals surface area contributed by atoms with Gasteiger partial charge in [0.1, 0.15) is 0 Å². The number of alkyl halides is 1. The highest BCUT2D eigenvalue weighted by molar-refractivity contribution is 6.18. The van der Waals surface area contributed by atoms with Gasteiger partial charge in [-0.15, -0.1) is 11.6 Å². The molecule has 0 aliphatic heterocycles. The van der Waals surface area contributed by atoms with E-state index in [0.29, 0.717) is 6.54 Å². The second-order valence-corrected chi connectivity index (χ2v) is 4.92. The Morgan fingerprint density at radius 2 is 2.10 bits per heavy atom. The lowest BCUT2D eigenvalue weighted by Gasteiger charge is -2.14. The molecule has 4 nitrogen and oxygen atoms in total. The summed E-state index contributed by atoms with van der Waals surface area (Å²) in [5, 5.41) is 17.4. The summed E-state index contributed by atoms with van der Waals surface area (Å²) in [5.41, 5.74) is 1.58. The van der Waals surface area contributed by atoms with Gasteiger partial charge in [0.2, 0.25) is 5.91 Å². The lowest BCUT2D eigenvalue weighted by atomic mass is 10.1. The fraction of sp³-hybridized carbons (Fsp3) is 0.267. The Labute approximate surface area is 122 Å². The number of aliphatic hydroxyl groups excluding tert-OH is 1. The fourth-order valence-electron chi connectivity index (χ4n) is 2.00. The standard InChI is InChI=1S/C15H17ClN2O2/c1-10(19)18-15-7-12(17-9-13(20)8-16)6-11-4-2-3-5-14(11)15/h2-7,13,17,20H,8-9H2,1H3,(H,18,19). The average Bonchev–Trinajstić information content (AvgIpc) is 2.44. The Morgan fingerprint density at radius 1 is 1.35 bits per heavy atom. The Morgan fingerprint density at radius 3 is 2.80 bits per heavy atom. The molecule has 3 N–H and O–H groups in total. The third kappa shape index (κ3) is 3.62. The van der Waals surface area contributed by atoms with Crippen LogP contribution in [0.3, 0.4) is 0 Å². The Hall–Kier alpha value is -1.78. The summed E-state index contributed by atoms with van der Waals surface area (Å²) in [6, 6.07) is 11.6. The van der Waals surface area contributed by atoms with Crippen LogP contribution in [-0.4, -0.2) is 29.5 Å². The maximum Gasteiger partial charge on any atom is 0.221 e. The van der Waals surface area contributed by atoms with E-state index in [2.05, 4.69) is 10.6 Å². The number of fused-ring (bicyclic) bond motifs is 1. The summed E-state index contributed by atoms with van der Waals surface area (Å²) < 4.78 is 0. The Kier molecular flexibility index (Phi) is 4.82. The van der Waals surface area contributed by atoms with Crippen LogP contribution in [0.25, 0.3) is 10.8 Å². The van der Waals surface area contributed by atoms with Crippen molar-refractivity contribution in [1.82, 2.24) is 0 Å². The number of halogens is 1. The van der Waals surface area contributed by atoms with Crippen LogP contribution >= 0.6 is 11.6 Å². The van der Waals surface area contributed by atoms with Crippen LogP contribution < -0.4 is 10.6 Å². The average molecular weight is 293 g/mol. The molecule has 0 saturated carbocycles. The molecule has 2 aromatic carbocycles. The monoisotopic (exact) mass is 292 g/mol. The van der Waals surface area contributed by atoms with Crippen molar-refractivity contribution in [2.45, 2.75) is 13.0 Å². The fourth-order valence-corrected chi connectivity index (χ4v) is 2.11. The Bertz CT molecular complexity index is 616. The van der Waals surface area contributed by atoms with Gasteiger partial charge in [-0.25, -0.2) is 0 Å². The van der Waals surface area contributed by atoms with E-state index >= 15 is 0 Å². The van der Waals surface area contributed by atoms with E-state index in [9.17, 15) is 9.90 Å². The molecule has 0 spiro atoms. The maximum absolute atomic E-state index is 11.3. The third-order valence-electron chi connectivity index (χ3n) is 2.89. The van der Waals surface area contributed by atoms with E-state index in [4.69, 9.17) is 11.6 Å². The van der Waals surface area contributed by atoms with Gasteiger partial charge in [0.15, 0.2) is 0 Å². The molecule has 106 valence electrons. The van der Waals surface area contributed by atoms with Crippen LogP contribution in [0.1, 0.15) is 6.92 Å². The molecule has 2 rings (SSSR count). The maximum atomic E-state index is 11.3. The predicted molar refractivity (Wildman–Crippen MR) is 83.5 cm³/mol. The van der Waals surface area contributed by atoms with Crippen molar-refractivity contribution in [1.29, 1.82) is 0 Å². The van der Waals surface area contributed by atoms with Crippen molar-refractivity contribution in [2.75, 3.05) is 23.1 Å². The van der Waals surface area contributed by atoms with Crippen LogP contribution in [0.4, 0.5) is 11.4 Å². The first-order valence-corrected chi connectivity index (χ1v) is 6.92. The van der Waals surface area contributed by atoms with Crippen molar-refractivity contribution in [3.8, 4) is 0 Å². The number of rotatable bonds is 5. The summed E-state index contributed by atoms with van der Waals surface area (Å²) in [6.07, 6.45) is -0.604. The number of hydrogen-bond donors (Lipinski definition) is 3. The van der Waals surface area contributed by atoms with Crippen LogP contribution in [0.15, 0.2) is 36.4 Å². The molecule has 0 fully saturated rings. The lowest BCUT2D eigenvalue weighted by molar-refractivity contribution is -0.114. The molecule has 1 unspecified atom stereocenters. The van der Waals surface area contributed by atoms with Gasteiger partial charge in [0.05, 0.1) is 17.7 Å². The molecule has 0 radical (unpaired) electrons. The molecule has 5 heteroatoms. The zero-order chi connectivity index (χ0) is 14.5. The molecule has 0 saturated heterocycles. The SMILES string of the molecule is CC(=O)Nc1cc(NCC(O)CCl)cc2ccccc12. The third-order valence-corrected chi connectivity index (χ3v) is 3.25. The zero-order valence-corrected chi connectivity index (χ0v) is 11.9. The molecule has 0 aliphatic carbocycles. The predicted octanol–water partition coefficient (Wildman–Crippen LogP) is 2.81. The van der Waals surface area contributed by atoms with Gasteiger partial charge in [-0.3, -0.25) is 4.79 Å². The summed E-state index contributed by atoms with van der Waals surface area (Å²) in [4.78, 5) is 11.3. The highest BCUT2D eigenvalue weighted by Gasteiger charge is 2.07. The minimum Gasteiger partial charge on any atom is -0.390 e. The van der Waals surface area contributed by atoms with Crippen LogP contribution in [0.5, 0.6) is 0 Å². The van der Waals surface area contributed by atoms with Gasteiger partial charge < -0.3 is 15.7 Å². The molecule has 0 heterocycles. The van der Waals surface area contributed by atoms with Gasteiger partial charge in [-0.2, -0.15) is 0 Å². The second kappa shape index (κ2) is 6.59. The Balaban J connectivity index is 2.34. The topological polar surface area (TPSA) is 61.4 Å². The molecule has 0 aromatic heterocycles. The normalized spacial score (nSPS) is 12.2. The minimum absolute atomic E-state index is 0.118. The van der Waals surface area contributed by atoms with Gasteiger partial charge >= 0.3 is 0 Å². The molecule has 0 aliphatic rings. The minimum atomic E-state index is -0.604. The highest BCUT2D eigenvalue weighted by Crippen LogP contribution is 2.28. The van der Waals surface area contributed by atoms with E-state index in [0.717, 1.165) is 22.1 Å². The largest absolute Gasteiger partial charge is 0.390 e. The number of carbonyl (C=O) groups excluding carboxylic acids is 1. The van der Waals surface area contributed by atoms with Gasteiger partial charge in [0, 0.05) is 24.5 Å². The zero-order valence-electron chi connectivity index (χ0n) is 11.2. The number of carbonyl (C=O) groups is 1. The van der Waals surface area contributed by atoms with Crippen molar-refractivity contribution >= 4 is 39.7 Å². The summed E-state index contributed by atoms with van der Waals surface area (Å²) in [7, 11) is 0. The number of aliphatic hydroxyl groups is 1. The van der Waals surface area contributed by atoms with Gasteiger partial charge in [-0.05, 0) is 17.5 Å². The van der Waals surface area contributed by atoms with Crippen LogP contribution in [0, 0.1) is 0 Å². The smallest absolute Gasteiger partial charge is 0.221 e. The summed E-state index contributed by atoms with van der Waals surface area (Å²) in [6.45, 7) is 1.84. The number of amides is 1. The van der Waals surface area contributed by atoms with Crippen LogP contribution in [-0.2, 0) is 4.79 Å². The van der Waals surface area contributed by atoms with Gasteiger partial charge in [0.25, 0.3) is 0 Å². The summed E-state index contributed by atoms with van der Waals surface area (Å²) >= 11 is 5.57. The second-order valence-electron chi connectivity index (χ2n) is 4.62. The first-order valence-electron chi connectivity index (χ1n) is 6.38. The van der Waals surface area contributed by atoms with Gasteiger partial charge in [-0.1, -0.05) is 24.3 Å². The number of benzene rings is 2. The van der Waals surface area contributed by atoms with Crippen molar-refractivity contribution in [3.05, 3.63) is 36.4 Å². The molecular formula is C15H17ClN2O2. The van der Waals surface area contributed by atoms with Crippen molar-refractivity contribution < 1.29 is 9.90 Å². The lowest BCUT2D eigenvalue weighted by Crippen LogP contribution is -2.20. The van der Waals surface area contributed by atoms with Crippen molar-refractivity contribution in [3.63, 3.8) is 0 Å². The number of nitrogens with one attached hydrogen (secondary N) is 2.